The number of carbonyl (C=O) groups is 2. The SMILES string of the molecule is COC(=O)C[C@H]1[NH2+][C@H]2CCCC[C@@H]2NC1=O. The number of piperazine rings is 1. The number of nitrogens with two attached hydrogens (primary N) is 1. The summed E-state index contributed by atoms with van der Waals surface area (Å²) < 4.78 is 4.60. The fourth-order valence-electron chi connectivity index (χ4n) is 2.67. The van der Waals surface area contributed by atoms with Crippen LogP contribution in [0.3, 0.4) is 0 Å². The van der Waals surface area contributed by atoms with Gasteiger partial charge in [-0.05, 0) is 12.8 Å². The van der Waals surface area contributed by atoms with E-state index in [0.717, 1.165) is 12.8 Å². The number of nitrogens with one attached hydrogen (secondary N) is 1. The van der Waals surface area contributed by atoms with Crippen LogP contribution in [0.25, 0.3) is 0 Å². The van der Waals surface area contributed by atoms with Gasteiger partial charge < -0.3 is 15.4 Å². The molecule has 2 rings (SSSR count). The van der Waals surface area contributed by atoms with Crippen LogP contribution in [0.2, 0.25) is 0 Å². The summed E-state index contributed by atoms with van der Waals surface area (Å²) in [5, 5.41) is 5.08. The molecule has 0 aromatic rings. The monoisotopic (exact) mass is 227 g/mol. The molecule has 2 fully saturated rings. The Morgan fingerprint density at radius 3 is 3.00 bits per heavy atom. The van der Waals surface area contributed by atoms with Crippen LogP contribution in [0.1, 0.15) is 32.1 Å². The number of hydrogen-bond acceptors (Lipinski definition) is 3. The Bertz CT molecular complexity index is 293. The number of hydrogen-bond donors (Lipinski definition) is 2. The number of amides is 1. The molecule has 0 unspecified atom stereocenters. The molecule has 1 heterocycles. The van der Waals surface area contributed by atoms with E-state index in [-0.39, 0.29) is 24.3 Å². The Labute approximate surface area is 94.9 Å². The van der Waals surface area contributed by atoms with Crippen LogP contribution < -0.4 is 10.6 Å². The fraction of sp³-hybridized carbons (Fsp3) is 0.818. The topological polar surface area (TPSA) is 72.0 Å². The first-order valence-electron chi connectivity index (χ1n) is 5.93. The zero-order valence-electron chi connectivity index (χ0n) is 9.57. The Morgan fingerprint density at radius 2 is 2.25 bits per heavy atom. The normalized spacial score (nSPS) is 33.8. The second-order valence-electron chi connectivity index (χ2n) is 4.64. The van der Waals surface area contributed by atoms with Crippen molar-refractivity contribution in [2.45, 2.75) is 50.2 Å². The molecule has 16 heavy (non-hydrogen) atoms. The second-order valence-corrected chi connectivity index (χ2v) is 4.64. The minimum Gasteiger partial charge on any atom is -0.469 e. The number of quaternary nitrogens is 1. The van der Waals surface area contributed by atoms with Gasteiger partial charge in [-0.1, -0.05) is 6.42 Å². The molecular formula is C11H19N2O3+. The van der Waals surface area contributed by atoms with Crippen molar-refractivity contribution in [1.82, 2.24) is 5.32 Å². The predicted molar refractivity (Wildman–Crippen MR) is 56.5 cm³/mol. The third-order valence-corrected chi connectivity index (χ3v) is 3.58. The van der Waals surface area contributed by atoms with Gasteiger partial charge in [0.2, 0.25) is 0 Å². The van der Waals surface area contributed by atoms with Gasteiger partial charge in [0.25, 0.3) is 5.91 Å². The minimum atomic E-state index is -0.314. The van der Waals surface area contributed by atoms with Crippen molar-refractivity contribution in [3.8, 4) is 0 Å². The van der Waals surface area contributed by atoms with Crippen molar-refractivity contribution in [3.63, 3.8) is 0 Å². The van der Waals surface area contributed by atoms with Crippen LogP contribution in [-0.4, -0.2) is 37.1 Å². The standard InChI is InChI=1S/C11H18N2O3/c1-16-10(14)6-9-11(15)13-8-5-3-2-4-7(8)12-9/h7-9,12H,2-6H2,1H3,(H,13,15)/p+1/t7-,8-,9+/m0/s1. The quantitative estimate of drug-likeness (QED) is 0.590. The number of methoxy groups -OCH3 is 1. The van der Waals surface area contributed by atoms with Gasteiger partial charge in [0.15, 0.2) is 6.04 Å². The molecule has 0 aromatic heterocycles. The average molecular weight is 227 g/mol. The van der Waals surface area contributed by atoms with Crippen LogP contribution in [0.5, 0.6) is 0 Å². The number of carbonyl (C=O) groups excluding carboxylic acids is 2. The summed E-state index contributed by atoms with van der Waals surface area (Å²) in [6.45, 7) is 0. The van der Waals surface area contributed by atoms with Crippen LogP contribution >= 0.6 is 0 Å². The van der Waals surface area contributed by atoms with Gasteiger partial charge in [0.1, 0.15) is 12.5 Å². The minimum absolute atomic E-state index is 0.0199. The lowest BCUT2D eigenvalue weighted by Gasteiger charge is -2.37. The van der Waals surface area contributed by atoms with Crippen molar-refractivity contribution < 1.29 is 19.6 Å². The Morgan fingerprint density at radius 1 is 1.50 bits per heavy atom. The molecule has 2 aliphatic rings. The fourth-order valence-corrected chi connectivity index (χ4v) is 2.67. The van der Waals surface area contributed by atoms with Crippen molar-refractivity contribution in [3.05, 3.63) is 0 Å². The van der Waals surface area contributed by atoms with E-state index in [1.54, 1.807) is 0 Å². The van der Waals surface area contributed by atoms with Crippen molar-refractivity contribution >= 4 is 11.9 Å². The lowest BCUT2D eigenvalue weighted by molar-refractivity contribution is -0.718. The van der Waals surface area contributed by atoms with Gasteiger partial charge in [-0.3, -0.25) is 9.59 Å². The molecule has 0 bridgehead atoms. The summed E-state index contributed by atoms with van der Waals surface area (Å²) in [6, 6.07) is 0.447. The Hall–Kier alpha value is -1.10. The zero-order valence-corrected chi connectivity index (χ0v) is 9.57. The van der Waals surface area contributed by atoms with Crippen LogP contribution in [-0.2, 0) is 14.3 Å². The molecule has 90 valence electrons. The van der Waals surface area contributed by atoms with E-state index >= 15 is 0 Å². The van der Waals surface area contributed by atoms with Crippen LogP contribution in [0.4, 0.5) is 0 Å². The summed E-state index contributed by atoms with van der Waals surface area (Å²) in [7, 11) is 1.35. The molecule has 0 radical (unpaired) electrons. The van der Waals surface area contributed by atoms with Gasteiger partial charge >= 0.3 is 5.97 Å². The van der Waals surface area contributed by atoms with Gasteiger partial charge in [-0.2, -0.15) is 0 Å². The summed E-state index contributed by atoms with van der Waals surface area (Å²) in [4.78, 5) is 22.9. The van der Waals surface area contributed by atoms with Crippen LogP contribution in [0.15, 0.2) is 0 Å². The van der Waals surface area contributed by atoms with Crippen LogP contribution in [0, 0.1) is 0 Å². The van der Waals surface area contributed by atoms with E-state index in [0.29, 0.717) is 12.1 Å². The van der Waals surface area contributed by atoms with E-state index in [1.807, 2.05) is 0 Å². The number of ether oxygens (including phenoxy) is 1. The summed E-state index contributed by atoms with van der Waals surface area (Å²) >= 11 is 0. The third kappa shape index (κ3) is 2.35. The molecule has 3 atom stereocenters. The first kappa shape index (κ1) is 11.4. The van der Waals surface area contributed by atoms with Gasteiger partial charge in [-0.25, -0.2) is 0 Å². The Balaban J connectivity index is 1.95. The molecule has 0 aromatic carbocycles. The van der Waals surface area contributed by atoms with Gasteiger partial charge in [0.05, 0.1) is 13.2 Å². The molecule has 5 nitrogen and oxygen atoms in total. The zero-order chi connectivity index (χ0) is 11.5. The highest BCUT2D eigenvalue weighted by atomic mass is 16.5. The molecule has 1 amide bonds. The highest BCUT2D eigenvalue weighted by Gasteiger charge is 2.40. The second kappa shape index (κ2) is 4.82. The maximum atomic E-state index is 11.8. The average Bonchev–Trinajstić information content (AvgIpc) is 2.30. The van der Waals surface area contributed by atoms with Crippen molar-refractivity contribution in [1.29, 1.82) is 0 Å². The van der Waals surface area contributed by atoms with E-state index < -0.39 is 0 Å². The van der Waals surface area contributed by atoms with E-state index in [1.165, 1.54) is 20.0 Å². The highest BCUT2D eigenvalue weighted by molar-refractivity contribution is 5.85. The van der Waals surface area contributed by atoms with E-state index in [9.17, 15) is 9.59 Å². The maximum Gasteiger partial charge on any atom is 0.312 e. The lowest BCUT2D eigenvalue weighted by atomic mass is 9.87. The molecule has 5 heteroatoms. The molecule has 3 N–H and O–H groups in total. The molecular weight excluding hydrogens is 208 g/mol. The largest absolute Gasteiger partial charge is 0.469 e. The number of esters is 1. The number of fused-ring (bicyclic) bond motifs is 1. The van der Waals surface area contributed by atoms with Crippen molar-refractivity contribution in [2.24, 2.45) is 0 Å². The van der Waals surface area contributed by atoms with E-state index in [2.05, 4.69) is 15.4 Å². The molecule has 1 aliphatic carbocycles. The smallest absolute Gasteiger partial charge is 0.312 e. The van der Waals surface area contributed by atoms with Gasteiger partial charge in [-0.15, -0.1) is 0 Å². The third-order valence-electron chi connectivity index (χ3n) is 3.58. The summed E-state index contributed by atoms with van der Waals surface area (Å²) in [6.07, 6.45) is 4.78. The van der Waals surface area contributed by atoms with E-state index in [4.69, 9.17) is 0 Å². The highest BCUT2D eigenvalue weighted by Crippen LogP contribution is 2.18. The Kier molecular flexibility index (Phi) is 3.43. The lowest BCUT2D eigenvalue weighted by Crippen LogP contribution is -3.03. The summed E-state index contributed by atoms with van der Waals surface area (Å²) in [5.74, 6) is -0.334. The first-order valence-corrected chi connectivity index (χ1v) is 5.93. The number of rotatable bonds is 2. The summed E-state index contributed by atoms with van der Waals surface area (Å²) in [5.41, 5.74) is 0. The maximum absolute atomic E-state index is 11.8. The van der Waals surface area contributed by atoms with Crippen molar-refractivity contribution in [2.75, 3.05) is 7.11 Å². The molecule has 1 aliphatic heterocycles. The van der Waals surface area contributed by atoms with Gasteiger partial charge in [0, 0.05) is 6.42 Å². The molecule has 0 spiro atoms. The first-order chi connectivity index (χ1) is 7.70. The predicted octanol–water partition coefficient (Wildman–Crippen LogP) is -1.08. The molecule has 1 saturated carbocycles. The molecule has 1 saturated heterocycles.